The highest BCUT2D eigenvalue weighted by molar-refractivity contribution is 6.88. The molecule has 0 saturated carbocycles. The van der Waals surface area contributed by atoms with E-state index in [1.54, 1.807) is 5.19 Å². The summed E-state index contributed by atoms with van der Waals surface area (Å²) in [6, 6.07) is 9.37. The molecule has 0 amide bonds. The van der Waals surface area contributed by atoms with Crippen molar-refractivity contribution in [1.82, 2.24) is 4.90 Å². The summed E-state index contributed by atoms with van der Waals surface area (Å²) in [5.41, 5.74) is 1.48. The molecular formula is C17H29NOSi. The summed E-state index contributed by atoms with van der Waals surface area (Å²) in [6.07, 6.45) is 1.18. The standard InChI is InChI=1S/C17H29NOSi/c1-15(14-18-9-11-19-12-10-18)13-16-5-7-17(8-6-16)20(2,3)4/h5-8,15H,9-14H2,1-4H3. The van der Waals surface area contributed by atoms with Crippen LogP contribution in [0, 0.1) is 5.92 Å². The normalized spacial score (nSPS) is 19.0. The minimum atomic E-state index is -1.15. The molecule has 1 saturated heterocycles. The van der Waals surface area contributed by atoms with Crippen LogP contribution in [0.2, 0.25) is 19.6 Å². The van der Waals surface area contributed by atoms with Crippen LogP contribution in [0.4, 0.5) is 0 Å². The van der Waals surface area contributed by atoms with E-state index in [1.165, 1.54) is 18.5 Å². The SMILES string of the molecule is CC(Cc1ccc([Si](C)(C)C)cc1)CN1CCOCC1. The molecule has 1 aromatic rings. The van der Waals surface area contributed by atoms with Gasteiger partial charge in [-0.25, -0.2) is 0 Å². The lowest BCUT2D eigenvalue weighted by molar-refractivity contribution is 0.0318. The molecule has 0 spiro atoms. The summed E-state index contributed by atoms with van der Waals surface area (Å²) < 4.78 is 5.41. The zero-order valence-electron chi connectivity index (χ0n) is 13.5. The highest BCUT2D eigenvalue weighted by Gasteiger charge is 2.17. The van der Waals surface area contributed by atoms with Gasteiger partial charge in [-0.1, -0.05) is 56.0 Å². The third kappa shape index (κ3) is 4.72. The highest BCUT2D eigenvalue weighted by Crippen LogP contribution is 2.12. The second kappa shape index (κ2) is 6.88. The lowest BCUT2D eigenvalue weighted by Crippen LogP contribution is -2.39. The van der Waals surface area contributed by atoms with Gasteiger partial charge in [-0.15, -0.1) is 0 Å². The Hall–Kier alpha value is -0.643. The molecule has 0 radical (unpaired) electrons. The van der Waals surface area contributed by atoms with Gasteiger partial charge in [0.1, 0.15) is 0 Å². The van der Waals surface area contributed by atoms with Gasteiger partial charge in [-0.2, -0.15) is 0 Å². The first-order valence-corrected chi connectivity index (χ1v) is 11.3. The average Bonchev–Trinajstić information content (AvgIpc) is 2.39. The van der Waals surface area contributed by atoms with E-state index in [-0.39, 0.29) is 0 Å². The third-order valence-electron chi connectivity index (χ3n) is 4.08. The molecule has 20 heavy (non-hydrogen) atoms. The van der Waals surface area contributed by atoms with Crippen molar-refractivity contribution in [3.05, 3.63) is 29.8 Å². The molecule has 1 unspecified atom stereocenters. The van der Waals surface area contributed by atoms with E-state index in [1.807, 2.05) is 0 Å². The number of ether oxygens (including phenoxy) is 1. The number of hydrogen-bond donors (Lipinski definition) is 0. The van der Waals surface area contributed by atoms with Crippen LogP contribution in [-0.2, 0) is 11.2 Å². The molecule has 1 heterocycles. The third-order valence-corrected chi connectivity index (χ3v) is 6.14. The summed E-state index contributed by atoms with van der Waals surface area (Å²) in [4.78, 5) is 2.53. The highest BCUT2D eigenvalue weighted by atomic mass is 28.3. The molecule has 1 fully saturated rings. The van der Waals surface area contributed by atoms with Crippen molar-refractivity contribution in [2.24, 2.45) is 5.92 Å². The van der Waals surface area contributed by atoms with E-state index in [0.717, 1.165) is 26.3 Å². The summed E-state index contributed by atoms with van der Waals surface area (Å²) >= 11 is 0. The van der Waals surface area contributed by atoms with E-state index in [4.69, 9.17) is 4.74 Å². The van der Waals surface area contributed by atoms with Crippen LogP contribution in [0.25, 0.3) is 0 Å². The quantitative estimate of drug-likeness (QED) is 0.774. The Bertz CT molecular complexity index is 404. The number of morpholine rings is 1. The van der Waals surface area contributed by atoms with Crippen LogP contribution in [-0.4, -0.2) is 45.8 Å². The van der Waals surface area contributed by atoms with E-state index < -0.39 is 8.07 Å². The van der Waals surface area contributed by atoms with Gasteiger partial charge in [0.15, 0.2) is 0 Å². The predicted molar refractivity (Wildman–Crippen MR) is 89.5 cm³/mol. The molecule has 0 bridgehead atoms. The molecule has 0 N–H and O–H groups in total. The van der Waals surface area contributed by atoms with Gasteiger partial charge < -0.3 is 4.74 Å². The predicted octanol–water partition coefficient (Wildman–Crippen LogP) is 2.74. The molecule has 1 aliphatic heterocycles. The van der Waals surface area contributed by atoms with Crippen LogP contribution in [0.3, 0.4) is 0 Å². The number of hydrogen-bond acceptors (Lipinski definition) is 2. The Morgan fingerprint density at radius 1 is 1.10 bits per heavy atom. The Kier molecular flexibility index (Phi) is 5.41. The Morgan fingerprint density at radius 2 is 1.70 bits per heavy atom. The average molecular weight is 292 g/mol. The first-order chi connectivity index (χ1) is 9.45. The summed E-state index contributed by atoms with van der Waals surface area (Å²) in [5.74, 6) is 0.714. The molecule has 112 valence electrons. The van der Waals surface area contributed by atoms with Crippen LogP contribution in [0.1, 0.15) is 12.5 Å². The first kappa shape index (κ1) is 15.7. The smallest absolute Gasteiger partial charge is 0.0775 e. The Labute approximate surface area is 125 Å². The van der Waals surface area contributed by atoms with Crippen molar-refractivity contribution in [1.29, 1.82) is 0 Å². The van der Waals surface area contributed by atoms with Gasteiger partial charge in [0.2, 0.25) is 0 Å². The van der Waals surface area contributed by atoms with Crippen molar-refractivity contribution in [2.75, 3.05) is 32.8 Å². The second-order valence-electron chi connectivity index (χ2n) is 7.17. The van der Waals surface area contributed by atoms with Gasteiger partial charge >= 0.3 is 0 Å². The molecule has 1 atom stereocenters. The molecule has 1 aliphatic rings. The van der Waals surface area contributed by atoms with Crippen molar-refractivity contribution in [3.63, 3.8) is 0 Å². The molecule has 0 aliphatic carbocycles. The van der Waals surface area contributed by atoms with Gasteiger partial charge in [0.25, 0.3) is 0 Å². The maximum Gasteiger partial charge on any atom is 0.0775 e. The molecule has 1 aromatic carbocycles. The van der Waals surface area contributed by atoms with Crippen molar-refractivity contribution in [3.8, 4) is 0 Å². The van der Waals surface area contributed by atoms with Crippen molar-refractivity contribution < 1.29 is 4.74 Å². The largest absolute Gasteiger partial charge is 0.379 e. The Balaban J connectivity index is 1.86. The van der Waals surface area contributed by atoms with Gasteiger partial charge in [-0.05, 0) is 17.9 Å². The van der Waals surface area contributed by atoms with Crippen LogP contribution < -0.4 is 5.19 Å². The fourth-order valence-electron chi connectivity index (χ4n) is 2.83. The van der Waals surface area contributed by atoms with Gasteiger partial charge in [0, 0.05) is 19.6 Å². The van der Waals surface area contributed by atoms with Gasteiger partial charge in [-0.3, -0.25) is 4.90 Å². The number of nitrogens with zero attached hydrogens (tertiary/aromatic N) is 1. The van der Waals surface area contributed by atoms with Gasteiger partial charge in [0.05, 0.1) is 21.3 Å². The summed E-state index contributed by atoms with van der Waals surface area (Å²) in [6.45, 7) is 14.8. The molecule has 2 rings (SSSR count). The molecular weight excluding hydrogens is 262 g/mol. The van der Waals surface area contributed by atoms with E-state index in [0.29, 0.717) is 5.92 Å². The second-order valence-corrected chi connectivity index (χ2v) is 12.2. The van der Waals surface area contributed by atoms with E-state index in [2.05, 4.69) is 55.7 Å². The zero-order valence-corrected chi connectivity index (χ0v) is 14.5. The topological polar surface area (TPSA) is 12.5 Å². The lowest BCUT2D eigenvalue weighted by atomic mass is 10.0. The van der Waals surface area contributed by atoms with Crippen molar-refractivity contribution >= 4 is 13.3 Å². The fourth-order valence-corrected chi connectivity index (χ4v) is 4.00. The minimum Gasteiger partial charge on any atom is -0.379 e. The zero-order chi connectivity index (χ0) is 14.6. The van der Waals surface area contributed by atoms with E-state index in [9.17, 15) is 0 Å². The molecule has 3 heteroatoms. The molecule has 0 aromatic heterocycles. The Morgan fingerprint density at radius 3 is 2.25 bits per heavy atom. The van der Waals surface area contributed by atoms with Crippen LogP contribution in [0.5, 0.6) is 0 Å². The monoisotopic (exact) mass is 291 g/mol. The minimum absolute atomic E-state index is 0.714. The van der Waals surface area contributed by atoms with Crippen LogP contribution >= 0.6 is 0 Å². The lowest BCUT2D eigenvalue weighted by Gasteiger charge is -2.29. The van der Waals surface area contributed by atoms with Crippen LogP contribution in [0.15, 0.2) is 24.3 Å². The fraction of sp³-hybridized carbons (Fsp3) is 0.647. The maximum atomic E-state index is 5.41. The maximum absolute atomic E-state index is 5.41. The van der Waals surface area contributed by atoms with Crippen molar-refractivity contribution in [2.45, 2.75) is 33.0 Å². The number of rotatable bonds is 5. The number of benzene rings is 1. The summed E-state index contributed by atoms with van der Waals surface area (Å²) in [5, 5.41) is 1.56. The van der Waals surface area contributed by atoms with E-state index >= 15 is 0 Å². The first-order valence-electron chi connectivity index (χ1n) is 7.84. The molecule has 2 nitrogen and oxygen atoms in total. The summed E-state index contributed by atoms with van der Waals surface area (Å²) in [7, 11) is -1.15.